The van der Waals surface area contributed by atoms with Crippen LogP contribution in [0.3, 0.4) is 0 Å². The second kappa shape index (κ2) is 8.67. The number of hydrogen-bond donors (Lipinski definition) is 2. The summed E-state index contributed by atoms with van der Waals surface area (Å²) < 4.78 is 1.95. The van der Waals surface area contributed by atoms with Gasteiger partial charge in [0.1, 0.15) is 0 Å². The van der Waals surface area contributed by atoms with Crippen molar-refractivity contribution in [2.24, 2.45) is 0 Å². The van der Waals surface area contributed by atoms with Crippen molar-refractivity contribution in [2.45, 2.75) is 38.9 Å². The first-order chi connectivity index (χ1) is 14.6. The number of rotatable bonds is 6. The molecule has 0 radical (unpaired) electrons. The van der Waals surface area contributed by atoms with E-state index < -0.39 is 0 Å². The van der Waals surface area contributed by atoms with E-state index in [0.29, 0.717) is 0 Å². The van der Waals surface area contributed by atoms with Crippen molar-refractivity contribution in [3.05, 3.63) is 60.7 Å². The molecular weight excluding hydrogens is 376 g/mol. The van der Waals surface area contributed by atoms with E-state index in [2.05, 4.69) is 52.0 Å². The molecule has 7 nitrogen and oxygen atoms in total. The predicted molar refractivity (Wildman–Crippen MR) is 119 cm³/mol. The van der Waals surface area contributed by atoms with Crippen molar-refractivity contribution >= 4 is 17.3 Å². The minimum absolute atomic E-state index is 0.0659. The Balaban J connectivity index is 1.71. The number of likely N-dealkylation sites (N-methyl/N-ethyl adjacent to an activating group) is 1. The van der Waals surface area contributed by atoms with Gasteiger partial charge in [-0.05, 0) is 55.8 Å². The van der Waals surface area contributed by atoms with Crippen LogP contribution in [0.25, 0.3) is 11.1 Å². The molecule has 156 valence electrons. The second-order valence-electron chi connectivity index (χ2n) is 7.78. The van der Waals surface area contributed by atoms with Crippen molar-refractivity contribution in [3.63, 3.8) is 0 Å². The van der Waals surface area contributed by atoms with Gasteiger partial charge in [0.15, 0.2) is 0 Å². The first-order valence-corrected chi connectivity index (χ1v) is 10.3. The van der Waals surface area contributed by atoms with E-state index in [9.17, 15) is 4.79 Å². The fraction of sp³-hybridized carbons (Fsp3) is 0.348. The highest BCUT2D eigenvalue weighted by molar-refractivity contribution is 5.94. The average molecular weight is 405 g/mol. The molecule has 3 heterocycles. The molecule has 3 aromatic rings. The van der Waals surface area contributed by atoms with E-state index in [1.54, 1.807) is 13.1 Å². The van der Waals surface area contributed by atoms with Crippen molar-refractivity contribution < 1.29 is 4.79 Å². The zero-order chi connectivity index (χ0) is 21.1. The first-order valence-electron chi connectivity index (χ1n) is 10.3. The van der Waals surface area contributed by atoms with Gasteiger partial charge >= 0.3 is 0 Å². The Hall–Kier alpha value is -3.19. The van der Waals surface area contributed by atoms with Crippen LogP contribution in [-0.4, -0.2) is 40.3 Å². The highest BCUT2D eigenvalue weighted by Gasteiger charge is 2.32. The minimum Gasteiger partial charge on any atom is -0.377 e. The molecule has 0 saturated carbocycles. The molecule has 0 aliphatic carbocycles. The summed E-state index contributed by atoms with van der Waals surface area (Å²) in [4.78, 5) is 18.5. The fourth-order valence-corrected chi connectivity index (χ4v) is 4.17. The molecule has 7 heteroatoms. The lowest BCUT2D eigenvalue weighted by atomic mass is 9.89. The Morgan fingerprint density at radius 1 is 1.23 bits per heavy atom. The van der Waals surface area contributed by atoms with Gasteiger partial charge in [0, 0.05) is 49.4 Å². The van der Waals surface area contributed by atoms with E-state index in [-0.39, 0.29) is 18.0 Å². The van der Waals surface area contributed by atoms with Gasteiger partial charge in [-0.25, -0.2) is 0 Å². The molecule has 2 N–H and O–H groups in total. The fourth-order valence-electron chi connectivity index (χ4n) is 4.17. The molecule has 0 fully saturated rings. The van der Waals surface area contributed by atoms with Crippen LogP contribution >= 0.6 is 0 Å². The van der Waals surface area contributed by atoms with Gasteiger partial charge < -0.3 is 15.5 Å². The van der Waals surface area contributed by atoms with E-state index >= 15 is 0 Å². The van der Waals surface area contributed by atoms with Gasteiger partial charge in [-0.3, -0.25) is 14.5 Å². The lowest BCUT2D eigenvalue weighted by Crippen LogP contribution is -2.43. The van der Waals surface area contributed by atoms with Gasteiger partial charge in [-0.2, -0.15) is 5.10 Å². The summed E-state index contributed by atoms with van der Waals surface area (Å²) in [6.07, 6.45) is 8.39. The second-order valence-corrected chi connectivity index (χ2v) is 7.78. The largest absolute Gasteiger partial charge is 0.377 e. The van der Waals surface area contributed by atoms with Crippen LogP contribution in [0.4, 0.5) is 11.4 Å². The number of pyridine rings is 1. The molecule has 2 unspecified atom stereocenters. The summed E-state index contributed by atoms with van der Waals surface area (Å²) in [5.41, 5.74) is 5.23. The van der Waals surface area contributed by atoms with E-state index in [1.165, 1.54) is 0 Å². The van der Waals surface area contributed by atoms with Crippen molar-refractivity contribution in [1.82, 2.24) is 20.1 Å². The van der Waals surface area contributed by atoms with E-state index in [4.69, 9.17) is 0 Å². The molecule has 4 rings (SSSR count). The SMILES string of the molecule is CNCCn1cc(-c2ccc3c(c2)C(Nc2cccnc2)CC(C)N3C(C)=O)cn1. The van der Waals surface area contributed by atoms with Crippen LogP contribution in [-0.2, 0) is 11.3 Å². The molecule has 2 atom stereocenters. The number of aromatic nitrogens is 3. The number of fused-ring (bicyclic) bond motifs is 1. The number of nitrogens with zero attached hydrogens (tertiary/aromatic N) is 4. The van der Waals surface area contributed by atoms with Gasteiger partial charge in [0.2, 0.25) is 5.91 Å². The van der Waals surface area contributed by atoms with Crippen LogP contribution in [0, 0.1) is 0 Å². The summed E-state index contributed by atoms with van der Waals surface area (Å²) in [5.74, 6) is 0.0659. The quantitative estimate of drug-likeness (QED) is 0.658. The zero-order valence-electron chi connectivity index (χ0n) is 17.7. The number of amides is 1. The maximum absolute atomic E-state index is 12.4. The molecule has 1 amide bonds. The van der Waals surface area contributed by atoms with Crippen LogP contribution < -0.4 is 15.5 Å². The van der Waals surface area contributed by atoms with Crippen LogP contribution in [0.2, 0.25) is 0 Å². The Kier molecular flexibility index (Phi) is 5.81. The zero-order valence-corrected chi connectivity index (χ0v) is 17.7. The summed E-state index contributed by atoms with van der Waals surface area (Å²) >= 11 is 0. The normalized spacial score (nSPS) is 18.2. The van der Waals surface area contributed by atoms with Crippen LogP contribution in [0.5, 0.6) is 0 Å². The minimum atomic E-state index is 0.0659. The van der Waals surface area contributed by atoms with Crippen molar-refractivity contribution in [1.29, 1.82) is 0 Å². The third-order valence-corrected chi connectivity index (χ3v) is 5.58. The molecule has 1 aliphatic rings. The van der Waals surface area contributed by atoms with Gasteiger partial charge in [0.05, 0.1) is 24.5 Å². The van der Waals surface area contributed by atoms with Gasteiger partial charge in [0.25, 0.3) is 0 Å². The summed E-state index contributed by atoms with van der Waals surface area (Å²) in [6, 6.07) is 10.5. The van der Waals surface area contributed by atoms with Gasteiger partial charge in [-0.1, -0.05) is 6.07 Å². The lowest BCUT2D eigenvalue weighted by Gasteiger charge is -2.39. The monoisotopic (exact) mass is 404 g/mol. The number of nitrogens with one attached hydrogen (secondary N) is 2. The van der Waals surface area contributed by atoms with Crippen LogP contribution in [0.1, 0.15) is 31.9 Å². The topological polar surface area (TPSA) is 75.1 Å². The smallest absolute Gasteiger partial charge is 0.224 e. The maximum Gasteiger partial charge on any atom is 0.224 e. The van der Waals surface area contributed by atoms with Crippen LogP contribution in [0.15, 0.2) is 55.1 Å². The number of hydrogen-bond acceptors (Lipinski definition) is 5. The Labute approximate surface area is 177 Å². The summed E-state index contributed by atoms with van der Waals surface area (Å²) in [5, 5.41) is 11.2. The molecule has 0 spiro atoms. The number of carbonyl (C=O) groups is 1. The first kappa shape index (κ1) is 20.1. The molecule has 1 aromatic carbocycles. The third-order valence-electron chi connectivity index (χ3n) is 5.58. The van der Waals surface area contributed by atoms with Crippen molar-refractivity contribution in [2.75, 3.05) is 23.8 Å². The molecule has 0 saturated heterocycles. The molecule has 0 bridgehead atoms. The highest BCUT2D eigenvalue weighted by atomic mass is 16.2. The van der Waals surface area contributed by atoms with E-state index in [0.717, 1.165) is 47.6 Å². The predicted octanol–water partition coefficient (Wildman–Crippen LogP) is 3.46. The average Bonchev–Trinajstić information content (AvgIpc) is 3.21. The van der Waals surface area contributed by atoms with Gasteiger partial charge in [-0.15, -0.1) is 0 Å². The molecular formula is C23H28N6O. The number of benzene rings is 1. The molecule has 1 aliphatic heterocycles. The summed E-state index contributed by atoms with van der Waals surface area (Å²) in [7, 11) is 1.94. The number of anilines is 2. The highest BCUT2D eigenvalue weighted by Crippen LogP contribution is 2.41. The van der Waals surface area contributed by atoms with Crippen molar-refractivity contribution in [3.8, 4) is 11.1 Å². The Morgan fingerprint density at radius 3 is 2.83 bits per heavy atom. The third kappa shape index (κ3) is 4.07. The molecule has 2 aromatic heterocycles. The standard InChI is InChI=1S/C23H28N6O/c1-16-11-22(27-20-5-4-8-25-14-20)21-12-18(6-7-23(21)29(16)17(2)30)19-13-26-28(15-19)10-9-24-3/h4-8,12-16,22,24,27H,9-11H2,1-3H3. The summed E-state index contributed by atoms with van der Waals surface area (Å²) in [6.45, 7) is 5.42. The molecule has 30 heavy (non-hydrogen) atoms. The Bertz CT molecular complexity index is 1020. The maximum atomic E-state index is 12.4. The Morgan fingerprint density at radius 2 is 2.10 bits per heavy atom. The lowest BCUT2D eigenvalue weighted by molar-refractivity contribution is -0.117. The number of carbonyl (C=O) groups excluding carboxylic acids is 1. The van der Waals surface area contributed by atoms with E-state index in [1.807, 2.05) is 41.2 Å².